The average Bonchev–Trinajstić information content (AvgIpc) is 2.47. The van der Waals surface area contributed by atoms with Gasteiger partial charge in [0.25, 0.3) is 0 Å². The molecule has 1 atom stereocenters. The molecule has 0 saturated carbocycles. The number of fused-ring (bicyclic) bond motifs is 1. The number of hydrogen-bond acceptors (Lipinski definition) is 1. The Bertz CT molecular complexity index is 275. The van der Waals surface area contributed by atoms with Crippen LogP contribution in [0.1, 0.15) is 17.7 Å². The van der Waals surface area contributed by atoms with Crippen molar-refractivity contribution in [1.82, 2.24) is 4.57 Å². The van der Waals surface area contributed by atoms with Crippen molar-refractivity contribution in [3.63, 3.8) is 0 Å². The van der Waals surface area contributed by atoms with Gasteiger partial charge >= 0.3 is 0 Å². The second kappa shape index (κ2) is 2.94. The third kappa shape index (κ3) is 1.16. The molecule has 1 unspecified atom stereocenters. The molecular weight excluding hydrogens is 148 g/mol. The first-order valence-corrected chi connectivity index (χ1v) is 4.64. The van der Waals surface area contributed by atoms with Crippen molar-refractivity contribution in [2.24, 2.45) is 18.7 Å². The summed E-state index contributed by atoms with van der Waals surface area (Å²) in [6.07, 6.45) is 5.82. The molecule has 66 valence electrons. The number of aryl methyl sites for hydroxylation is 2. The molecule has 0 aromatic carbocycles. The van der Waals surface area contributed by atoms with Gasteiger partial charge in [-0.15, -0.1) is 0 Å². The van der Waals surface area contributed by atoms with Gasteiger partial charge < -0.3 is 10.3 Å². The van der Waals surface area contributed by atoms with Crippen molar-refractivity contribution in [2.45, 2.75) is 19.3 Å². The Kier molecular flexibility index (Phi) is 1.93. The predicted octanol–water partition coefficient (Wildman–Crippen LogP) is 1.09. The maximum absolute atomic E-state index is 5.67. The van der Waals surface area contributed by atoms with Gasteiger partial charge in [0.05, 0.1) is 0 Å². The minimum atomic E-state index is 0.714. The molecule has 0 spiro atoms. The number of hydrogen-bond donors (Lipinski definition) is 1. The molecule has 2 heteroatoms. The van der Waals surface area contributed by atoms with Crippen LogP contribution in [0.5, 0.6) is 0 Å². The number of aromatic nitrogens is 1. The number of nitrogens with two attached hydrogens (primary N) is 1. The zero-order chi connectivity index (χ0) is 8.55. The van der Waals surface area contributed by atoms with Gasteiger partial charge in [0.2, 0.25) is 0 Å². The molecule has 0 fully saturated rings. The third-order valence-corrected chi connectivity index (χ3v) is 2.93. The summed E-state index contributed by atoms with van der Waals surface area (Å²) in [5, 5.41) is 0. The standard InChI is InChI=1S/C10H16N2/c1-12-5-4-9-3-2-8(7-11)6-10(9)12/h4-5,8H,2-3,6-7,11H2,1H3. The minimum Gasteiger partial charge on any atom is -0.354 e. The highest BCUT2D eigenvalue weighted by molar-refractivity contribution is 5.25. The number of rotatable bonds is 1. The zero-order valence-corrected chi connectivity index (χ0v) is 7.59. The largest absolute Gasteiger partial charge is 0.354 e. The van der Waals surface area contributed by atoms with Crippen molar-refractivity contribution in [2.75, 3.05) is 6.54 Å². The molecule has 0 aliphatic heterocycles. The Hall–Kier alpha value is -0.760. The lowest BCUT2D eigenvalue weighted by molar-refractivity contribution is 0.456. The van der Waals surface area contributed by atoms with Crippen LogP contribution in [0.15, 0.2) is 12.3 Å². The van der Waals surface area contributed by atoms with Crippen LogP contribution in [0, 0.1) is 5.92 Å². The minimum absolute atomic E-state index is 0.714. The van der Waals surface area contributed by atoms with E-state index in [0.717, 1.165) is 6.54 Å². The first kappa shape index (κ1) is 7.87. The molecule has 0 saturated heterocycles. The van der Waals surface area contributed by atoms with E-state index in [4.69, 9.17) is 5.73 Å². The van der Waals surface area contributed by atoms with E-state index >= 15 is 0 Å². The molecule has 2 N–H and O–H groups in total. The van der Waals surface area contributed by atoms with Gasteiger partial charge in [0.15, 0.2) is 0 Å². The summed E-state index contributed by atoms with van der Waals surface area (Å²) in [7, 11) is 2.12. The summed E-state index contributed by atoms with van der Waals surface area (Å²) in [5.74, 6) is 0.714. The molecule has 0 bridgehead atoms. The quantitative estimate of drug-likeness (QED) is 0.661. The van der Waals surface area contributed by atoms with Gasteiger partial charge in [-0.3, -0.25) is 0 Å². The van der Waals surface area contributed by atoms with E-state index in [9.17, 15) is 0 Å². The summed E-state index contributed by atoms with van der Waals surface area (Å²) in [5.41, 5.74) is 8.70. The van der Waals surface area contributed by atoms with Crippen molar-refractivity contribution < 1.29 is 0 Å². The summed E-state index contributed by atoms with van der Waals surface area (Å²) < 4.78 is 2.23. The average molecular weight is 164 g/mol. The lowest BCUT2D eigenvalue weighted by Crippen LogP contribution is -2.22. The SMILES string of the molecule is Cn1ccc2c1CC(CN)CC2. The maximum atomic E-state index is 5.67. The summed E-state index contributed by atoms with van der Waals surface area (Å²) in [6.45, 7) is 0.838. The highest BCUT2D eigenvalue weighted by atomic mass is 14.9. The Labute approximate surface area is 73.4 Å². The first-order valence-electron chi connectivity index (χ1n) is 4.64. The summed E-state index contributed by atoms with van der Waals surface area (Å²) in [4.78, 5) is 0. The molecule has 2 nitrogen and oxygen atoms in total. The molecule has 1 aliphatic carbocycles. The van der Waals surface area contributed by atoms with Gasteiger partial charge in [0.1, 0.15) is 0 Å². The first-order chi connectivity index (χ1) is 5.81. The van der Waals surface area contributed by atoms with Crippen molar-refractivity contribution in [3.05, 3.63) is 23.5 Å². The fourth-order valence-corrected chi connectivity index (χ4v) is 2.05. The predicted molar refractivity (Wildman–Crippen MR) is 50.0 cm³/mol. The molecule has 1 heterocycles. The van der Waals surface area contributed by atoms with Gasteiger partial charge in [-0.05, 0) is 43.4 Å². The van der Waals surface area contributed by atoms with Crippen LogP contribution in [0.25, 0.3) is 0 Å². The van der Waals surface area contributed by atoms with Crippen LogP contribution in [-0.2, 0) is 19.9 Å². The van der Waals surface area contributed by atoms with E-state index in [-0.39, 0.29) is 0 Å². The van der Waals surface area contributed by atoms with Crippen LogP contribution >= 0.6 is 0 Å². The molecule has 1 aromatic rings. The van der Waals surface area contributed by atoms with Crippen LogP contribution in [0.2, 0.25) is 0 Å². The van der Waals surface area contributed by atoms with Crippen LogP contribution in [0.3, 0.4) is 0 Å². The second-order valence-electron chi connectivity index (χ2n) is 3.74. The normalized spacial score (nSPS) is 22.3. The van der Waals surface area contributed by atoms with E-state index in [1.165, 1.54) is 30.5 Å². The highest BCUT2D eigenvalue weighted by Gasteiger charge is 2.19. The Morgan fingerprint density at radius 2 is 2.50 bits per heavy atom. The highest BCUT2D eigenvalue weighted by Crippen LogP contribution is 2.24. The smallest absolute Gasteiger partial charge is 0.0207 e. The maximum Gasteiger partial charge on any atom is 0.0207 e. The van der Waals surface area contributed by atoms with Crippen LogP contribution < -0.4 is 5.73 Å². The fourth-order valence-electron chi connectivity index (χ4n) is 2.05. The Morgan fingerprint density at radius 3 is 3.25 bits per heavy atom. The summed E-state index contributed by atoms with van der Waals surface area (Å²) >= 11 is 0. The van der Waals surface area contributed by atoms with E-state index in [1.807, 2.05) is 0 Å². The van der Waals surface area contributed by atoms with Gasteiger partial charge in [-0.1, -0.05) is 0 Å². The molecule has 1 aromatic heterocycles. The molecule has 12 heavy (non-hydrogen) atoms. The van der Waals surface area contributed by atoms with Gasteiger partial charge in [-0.2, -0.15) is 0 Å². The van der Waals surface area contributed by atoms with Crippen molar-refractivity contribution in [3.8, 4) is 0 Å². The van der Waals surface area contributed by atoms with Crippen molar-refractivity contribution in [1.29, 1.82) is 0 Å². The Balaban J connectivity index is 2.26. The van der Waals surface area contributed by atoms with Crippen LogP contribution in [-0.4, -0.2) is 11.1 Å². The van der Waals surface area contributed by atoms with E-state index in [1.54, 1.807) is 0 Å². The third-order valence-electron chi connectivity index (χ3n) is 2.93. The topological polar surface area (TPSA) is 30.9 Å². The number of nitrogens with zero attached hydrogens (tertiary/aromatic N) is 1. The molecule has 0 amide bonds. The molecular formula is C10H16N2. The van der Waals surface area contributed by atoms with E-state index in [2.05, 4.69) is 23.9 Å². The Morgan fingerprint density at radius 1 is 1.67 bits per heavy atom. The lowest BCUT2D eigenvalue weighted by atomic mass is 9.88. The molecule has 2 rings (SSSR count). The van der Waals surface area contributed by atoms with E-state index in [0.29, 0.717) is 5.92 Å². The summed E-state index contributed by atoms with van der Waals surface area (Å²) in [6, 6.07) is 2.24. The van der Waals surface area contributed by atoms with E-state index < -0.39 is 0 Å². The second-order valence-corrected chi connectivity index (χ2v) is 3.74. The molecule has 1 aliphatic rings. The lowest BCUT2D eigenvalue weighted by Gasteiger charge is -2.21. The van der Waals surface area contributed by atoms with Crippen LogP contribution in [0.4, 0.5) is 0 Å². The monoisotopic (exact) mass is 164 g/mol. The van der Waals surface area contributed by atoms with Gasteiger partial charge in [-0.25, -0.2) is 0 Å². The molecule has 0 radical (unpaired) electrons. The fraction of sp³-hybridized carbons (Fsp3) is 0.600. The van der Waals surface area contributed by atoms with Crippen molar-refractivity contribution >= 4 is 0 Å². The zero-order valence-electron chi connectivity index (χ0n) is 7.59. The van der Waals surface area contributed by atoms with Gasteiger partial charge in [0, 0.05) is 18.9 Å².